The Bertz CT molecular complexity index is 1540. The minimum Gasteiger partial charge on any atom is -0.445 e. The van der Waals surface area contributed by atoms with Gasteiger partial charge in [0.2, 0.25) is 0 Å². The van der Waals surface area contributed by atoms with E-state index >= 15 is 0 Å². The Morgan fingerprint density at radius 2 is 1.74 bits per heavy atom. The standard InChI is InChI=1S/C28H28N4O4S2/c1-21-10-12-24(13-11-21)38(34,35)30-29-18-23-20-37-26-9-5-8-25(27(23)26)31-14-16-32(17-15-31)28(33)36-19-22-6-3-2-4-7-22/h2-13,18,20,30H,14-17,19H2,1H3/b29-18+. The molecule has 1 aromatic heterocycles. The number of sulfonamides is 1. The van der Waals surface area contributed by atoms with Crippen molar-refractivity contribution >= 4 is 49.4 Å². The van der Waals surface area contributed by atoms with Crippen LogP contribution in [0.25, 0.3) is 10.1 Å². The summed E-state index contributed by atoms with van der Waals surface area (Å²) in [7, 11) is -3.76. The molecule has 1 fully saturated rings. The summed E-state index contributed by atoms with van der Waals surface area (Å²) in [5, 5.41) is 7.03. The van der Waals surface area contributed by atoms with Gasteiger partial charge in [0.1, 0.15) is 6.61 Å². The predicted molar refractivity (Wildman–Crippen MR) is 151 cm³/mol. The number of carbonyl (C=O) groups is 1. The van der Waals surface area contributed by atoms with Gasteiger partial charge in [-0.2, -0.15) is 13.5 Å². The normalized spacial score (nSPS) is 14.2. The molecular formula is C28H28N4O4S2. The van der Waals surface area contributed by atoms with Crippen molar-refractivity contribution < 1.29 is 17.9 Å². The highest BCUT2D eigenvalue weighted by Crippen LogP contribution is 2.34. The molecule has 38 heavy (non-hydrogen) atoms. The number of nitrogens with zero attached hydrogens (tertiary/aromatic N) is 3. The molecule has 0 aliphatic carbocycles. The molecule has 0 radical (unpaired) electrons. The van der Waals surface area contributed by atoms with E-state index in [1.54, 1.807) is 46.7 Å². The maximum atomic E-state index is 12.6. The molecule has 0 unspecified atom stereocenters. The predicted octanol–water partition coefficient (Wildman–Crippen LogP) is 4.98. The van der Waals surface area contributed by atoms with E-state index in [4.69, 9.17) is 4.74 Å². The molecule has 1 N–H and O–H groups in total. The zero-order valence-corrected chi connectivity index (χ0v) is 22.5. The summed E-state index contributed by atoms with van der Waals surface area (Å²) in [6.45, 7) is 4.57. The van der Waals surface area contributed by atoms with Gasteiger partial charge < -0.3 is 14.5 Å². The highest BCUT2D eigenvalue weighted by atomic mass is 32.2. The fourth-order valence-corrected chi connectivity index (χ4v) is 6.05. The van der Waals surface area contributed by atoms with Gasteiger partial charge in [0.15, 0.2) is 0 Å². The molecule has 0 spiro atoms. The minimum absolute atomic E-state index is 0.163. The fraction of sp³-hybridized carbons (Fsp3) is 0.214. The zero-order chi connectivity index (χ0) is 26.5. The van der Waals surface area contributed by atoms with Crippen LogP contribution in [0.15, 0.2) is 88.2 Å². The summed E-state index contributed by atoms with van der Waals surface area (Å²) < 4.78 is 31.8. The van der Waals surface area contributed by atoms with E-state index in [0.29, 0.717) is 26.2 Å². The maximum absolute atomic E-state index is 12.6. The zero-order valence-electron chi connectivity index (χ0n) is 20.9. The lowest BCUT2D eigenvalue weighted by Crippen LogP contribution is -2.49. The van der Waals surface area contributed by atoms with Crippen LogP contribution in [0, 0.1) is 6.92 Å². The number of benzene rings is 3. The SMILES string of the molecule is Cc1ccc(S(=O)(=O)N/N=C/c2csc3cccc(N4CCN(C(=O)OCc5ccccc5)CC4)c23)cc1. The first kappa shape index (κ1) is 25.7. The van der Waals surface area contributed by atoms with Gasteiger partial charge in [-0.25, -0.2) is 9.63 Å². The van der Waals surface area contributed by atoms with Gasteiger partial charge in [-0.05, 0) is 36.8 Å². The van der Waals surface area contributed by atoms with Crippen LogP contribution in [-0.2, 0) is 21.4 Å². The van der Waals surface area contributed by atoms with Gasteiger partial charge in [-0.1, -0.05) is 54.1 Å². The average Bonchev–Trinajstić information content (AvgIpc) is 3.36. The van der Waals surface area contributed by atoms with Crippen molar-refractivity contribution in [3.63, 3.8) is 0 Å². The van der Waals surface area contributed by atoms with Gasteiger partial charge >= 0.3 is 6.09 Å². The van der Waals surface area contributed by atoms with Crippen LogP contribution < -0.4 is 9.73 Å². The van der Waals surface area contributed by atoms with Crippen LogP contribution in [0.3, 0.4) is 0 Å². The summed E-state index contributed by atoms with van der Waals surface area (Å²) >= 11 is 1.58. The van der Waals surface area contributed by atoms with E-state index in [0.717, 1.165) is 32.5 Å². The van der Waals surface area contributed by atoms with E-state index in [1.165, 1.54) is 0 Å². The molecule has 4 aromatic rings. The van der Waals surface area contributed by atoms with E-state index in [2.05, 4.69) is 14.8 Å². The van der Waals surface area contributed by atoms with Crippen LogP contribution >= 0.6 is 11.3 Å². The summed E-state index contributed by atoms with van der Waals surface area (Å²) in [6.07, 6.45) is 1.24. The number of hydrogen-bond donors (Lipinski definition) is 1. The average molecular weight is 549 g/mol. The fourth-order valence-electron chi connectivity index (χ4n) is 4.33. The number of amides is 1. The Balaban J connectivity index is 1.25. The van der Waals surface area contributed by atoms with Crippen LogP contribution in [-0.4, -0.2) is 51.8 Å². The molecule has 0 saturated carbocycles. The number of rotatable bonds is 7. The number of hydrogen-bond acceptors (Lipinski definition) is 7. The third-order valence-electron chi connectivity index (χ3n) is 6.40. The van der Waals surface area contributed by atoms with Crippen LogP contribution in [0.2, 0.25) is 0 Å². The number of thiophene rings is 1. The van der Waals surface area contributed by atoms with Crippen molar-refractivity contribution in [1.29, 1.82) is 0 Å². The van der Waals surface area contributed by atoms with Crippen molar-refractivity contribution in [1.82, 2.24) is 9.73 Å². The molecule has 0 atom stereocenters. The topological polar surface area (TPSA) is 91.3 Å². The Kier molecular flexibility index (Phi) is 7.62. The monoisotopic (exact) mass is 548 g/mol. The molecule has 1 saturated heterocycles. The first-order valence-corrected chi connectivity index (χ1v) is 14.6. The number of piperazine rings is 1. The van der Waals surface area contributed by atoms with Crippen molar-refractivity contribution in [2.75, 3.05) is 31.1 Å². The smallest absolute Gasteiger partial charge is 0.410 e. The molecular weight excluding hydrogens is 520 g/mol. The van der Waals surface area contributed by atoms with Crippen LogP contribution in [0.5, 0.6) is 0 Å². The second-order valence-corrected chi connectivity index (χ2v) is 11.6. The largest absolute Gasteiger partial charge is 0.445 e. The van der Waals surface area contributed by atoms with Gasteiger partial charge in [0.05, 0.1) is 11.1 Å². The summed E-state index contributed by atoms with van der Waals surface area (Å²) in [6, 6.07) is 22.3. The molecule has 5 rings (SSSR count). The second kappa shape index (κ2) is 11.2. The number of aryl methyl sites for hydroxylation is 1. The highest BCUT2D eigenvalue weighted by molar-refractivity contribution is 7.89. The van der Waals surface area contributed by atoms with Crippen molar-refractivity contribution in [2.45, 2.75) is 18.4 Å². The second-order valence-electron chi connectivity index (χ2n) is 9.02. The third-order valence-corrected chi connectivity index (χ3v) is 8.60. The molecule has 1 amide bonds. The molecule has 3 aromatic carbocycles. The first-order valence-electron chi connectivity index (χ1n) is 12.2. The summed E-state index contributed by atoms with van der Waals surface area (Å²) in [5.41, 5.74) is 3.80. The Morgan fingerprint density at radius 3 is 2.47 bits per heavy atom. The first-order chi connectivity index (χ1) is 18.4. The van der Waals surface area contributed by atoms with Crippen molar-refractivity contribution in [2.24, 2.45) is 5.10 Å². The molecule has 10 heteroatoms. The maximum Gasteiger partial charge on any atom is 0.410 e. The minimum atomic E-state index is -3.76. The van der Waals surface area contributed by atoms with Gasteiger partial charge in [0.25, 0.3) is 10.0 Å². The lowest BCUT2D eigenvalue weighted by molar-refractivity contribution is 0.0942. The highest BCUT2D eigenvalue weighted by Gasteiger charge is 2.24. The molecule has 1 aliphatic heterocycles. The summed E-state index contributed by atoms with van der Waals surface area (Å²) in [5.74, 6) is 0. The number of nitrogens with one attached hydrogen (secondary N) is 1. The molecule has 196 valence electrons. The molecule has 2 heterocycles. The number of fused-ring (bicyclic) bond motifs is 1. The lowest BCUT2D eigenvalue weighted by Gasteiger charge is -2.36. The van der Waals surface area contributed by atoms with Crippen LogP contribution in [0.4, 0.5) is 10.5 Å². The lowest BCUT2D eigenvalue weighted by atomic mass is 10.1. The van der Waals surface area contributed by atoms with Crippen LogP contribution in [0.1, 0.15) is 16.7 Å². The number of anilines is 1. The van der Waals surface area contributed by atoms with E-state index < -0.39 is 10.0 Å². The van der Waals surface area contributed by atoms with Crippen molar-refractivity contribution in [3.05, 3.63) is 94.9 Å². The van der Waals surface area contributed by atoms with Gasteiger partial charge in [-0.15, -0.1) is 11.3 Å². The van der Waals surface area contributed by atoms with Gasteiger partial charge in [-0.3, -0.25) is 0 Å². The number of ether oxygens (including phenoxy) is 1. The molecule has 0 bridgehead atoms. The quantitative estimate of drug-likeness (QED) is 0.260. The number of hydrazone groups is 1. The molecule has 1 aliphatic rings. The van der Waals surface area contributed by atoms with Crippen molar-refractivity contribution in [3.8, 4) is 0 Å². The van der Waals surface area contributed by atoms with E-state index in [-0.39, 0.29) is 17.6 Å². The van der Waals surface area contributed by atoms with E-state index in [1.807, 2.05) is 60.8 Å². The Hall–Kier alpha value is -3.89. The van der Waals surface area contributed by atoms with Gasteiger partial charge in [0, 0.05) is 52.9 Å². The Morgan fingerprint density at radius 1 is 1.00 bits per heavy atom. The Labute approximate surface area is 226 Å². The molecule has 8 nitrogen and oxygen atoms in total. The third kappa shape index (κ3) is 5.81. The number of carbonyl (C=O) groups excluding carboxylic acids is 1. The van der Waals surface area contributed by atoms with E-state index in [9.17, 15) is 13.2 Å². The summed E-state index contributed by atoms with van der Waals surface area (Å²) in [4.78, 5) is 19.0.